The van der Waals surface area contributed by atoms with Crippen LogP contribution in [0.5, 0.6) is 5.75 Å². The van der Waals surface area contributed by atoms with Gasteiger partial charge < -0.3 is 14.8 Å². The molecule has 2 aromatic rings. The van der Waals surface area contributed by atoms with Gasteiger partial charge in [0, 0.05) is 18.5 Å². The van der Waals surface area contributed by atoms with Crippen LogP contribution in [0.2, 0.25) is 0 Å². The Kier molecular flexibility index (Phi) is 5.27. The van der Waals surface area contributed by atoms with Gasteiger partial charge in [-0.3, -0.25) is 4.79 Å². The van der Waals surface area contributed by atoms with Crippen LogP contribution in [0.3, 0.4) is 0 Å². The topological polar surface area (TPSA) is 47.6 Å². The summed E-state index contributed by atoms with van der Waals surface area (Å²) in [4.78, 5) is 12.1. The summed E-state index contributed by atoms with van der Waals surface area (Å²) in [7, 11) is 0. The number of amides is 1. The maximum absolute atomic E-state index is 12.1. The molecule has 0 saturated carbocycles. The van der Waals surface area contributed by atoms with Gasteiger partial charge in [-0.25, -0.2) is 0 Å². The molecule has 3 rings (SSSR count). The van der Waals surface area contributed by atoms with Crippen LogP contribution in [0.1, 0.15) is 35.2 Å². The third-order valence-corrected chi connectivity index (χ3v) is 3.82. The Morgan fingerprint density at radius 2 is 1.87 bits per heavy atom. The molecule has 1 heterocycles. The molecule has 120 valence electrons. The van der Waals surface area contributed by atoms with Crippen LogP contribution < -0.4 is 10.1 Å². The predicted octanol–water partition coefficient (Wildman–Crippen LogP) is 3.52. The smallest absolute Gasteiger partial charge is 0.251 e. The lowest BCUT2D eigenvalue weighted by molar-refractivity contribution is -0.105. The number of benzene rings is 2. The lowest BCUT2D eigenvalue weighted by Crippen LogP contribution is -2.25. The Bertz CT molecular complexity index is 619. The van der Waals surface area contributed by atoms with Crippen molar-refractivity contribution >= 4 is 5.91 Å². The second kappa shape index (κ2) is 7.79. The second-order valence-corrected chi connectivity index (χ2v) is 5.61. The molecule has 1 fully saturated rings. The molecule has 1 saturated heterocycles. The summed E-state index contributed by atoms with van der Waals surface area (Å²) < 4.78 is 11.3. The van der Waals surface area contributed by atoms with Crippen molar-refractivity contribution in [3.63, 3.8) is 0 Å². The average molecular weight is 311 g/mol. The van der Waals surface area contributed by atoms with Crippen molar-refractivity contribution in [1.82, 2.24) is 5.32 Å². The predicted molar refractivity (Wildman–Crippen MR) is 88.3 cm³/mol. The summed E-state index contributed by atoms with van der Waals surface area (Å²) in [5, 5.41) is 2.91. The van der Waals surface area contributed by atoms with E-state index in [0.29, 0.717) is 12.1 Å². The van der Waals surface area contributed by atoms with Crippen LogP contribution in [0.25, 0.3) is 0 Å². The van der Waals surface area contributed by atoms with E-state index in [0.717, 1.165) is 37.2 Å². The molecule has 0 aromatic heterocycles. The highest BCUT2D eigenvalue weighted by Gasteiger charge is 2.15. The fourth-order valence-electron chi connectivity index (χ4n) is 2.52. The van der Waals surface area contributed by atoms with E-state index in [-0.39, 0.29) is 12.2 Å². The molecule has 0 spiro atoms. The van der Waals surface area contributed by atoms with Gasteiger partial charge in [-0.2, -0.15) is 0 Å². The summed E-state index contributed by atoms with van der Waals surface area (Å²) in [5.74, 6) is 0.644. The molecule has 0 aliphatic carbocycles. The summed E-state index contributed by atoms with van der Waals surface area (Å²) in [6.07, 6.45) is 2.98. The van der Waals surface area contributed by atoms with E-state index in [1.54, 1.807) is 12.1 Å². The van der Waals surface area contributed by atoms with Gasteiger partial charge in [-0.15, -0.1) is 0 Å². The zero-order valence-electron chi connectivity index (χ0n) is 13.0. The van der Waals surface area contributed by atoms with Crippen LogP contribution in [0.15, 0.2) is 54.6 Å². The molecular weight excluding hydrogens is 290 g/mol. The lowest BCUT2D eigenvalue weighted by Gasteiger charge is -2.23. The number of nitrogens with one attached hydrogen (secondary N) is 1. The van der Waals surface area contributed by atoms with Crippen molar-refractivity contribution < 1.29 is 14.3 Å². The second-order valence-electron chi connectivity index (χ2n) is 5.61. The zero-order chi connectivity index (χ0) is 15.9. The summed E-state index contributed by atoms with van der Waals surface area (Å²) in [6, 6.07) is 17.0. The molecule has 1 unspecified atom stereocenters. The standard InChI is InChI=1S/C19H21NO3/c21-19(20-14-15-6-2-1-3-7-15)16-9-11-17(12-10-16)23-18-8-4-5-13-22-18/h1-3,6-7,9-12,18H,4-5,8,13-14H2,(H,20,21). The van der Waals surface area contributed by atoms with Gasteiger partial charge in [0.25, 0.3) is 5.91 Å². The Morgan fingerprint density at radius 3 is 2.57 bits per heavy atom. The number of hydrogen-bond acceptors (Lipinski definition) is 3. The first-order valence-electron chi connectivity index (χ1n) is 8.02. The van der Waals surface area contributed by atoms with Gasteiger partial charge in [0.2, 0.25) is 0 Å². The van der Waals surface area contributed by atoms with Crippen LogP contribution >= 0.6 is 0 Å². The van der Waals surface area contributed by atoms with Crippen molar-refractivity contribution in [3.05, 3.63) is 65.7 Å². The lowest BCUT2D eigenvalue weighted by atomic mass is 10.2. The molecule has 23 heavy (non-hydrogen) atoms. The Balaban J connectivity index is 1.52. The van der Waals surface area contributed by atoms with Gasteiger partial charge in [0.05, 0.1) is 6.61 Å². The zero-order valence-corrected chi connectivity index (χ0v) is 13.0. The summed E-state index contributed by atoms with van der Waals surface area (Å²) in [6.45, 7) is 1.28. The third kappa shape index (κ3) is 4.57. The molecule has 1 aliphatic heterocycles. The van der Waals surface area contributed by atoms with E-state index >= 15 is 0 Å². The molecule has 2 aromatic carbocycles. The fourth-order valence-corrected chi connectivity index (χ4v) is 2.52. The molecule has 1 amide bonds. The van der Waals surface area contributed by atoms with E-state index in [2.05, 4.69) is 5.32 Å². The fraction of sp³-hybridized carbons (Fsp3) is 0.316. The van der Waals surface area contributed by atoms with E-state index in [1.165, 1.54) is 0 Å². The van der Waals surface area contributed by atoms with Crippen LogP contribution in [-0.2, 0) is 11.3 Å². The average Bonchev–Trinajstić information content (AvgIpc) is 2.62. The molecular formula is C19H21NO3. The quantitative estimate of drug-likeness (QED) is 0.919. The number of carbonyl (C=O) groups is 1. The molecule has 4 heteroatoms. The van der Waals surface area contributed by atoms with Crippen molar-refractivity contribution in [1.29, 1.82) is 0 Å². The van der Waals surface area contributed by atoms with Crippen LogP contribution in [0, 0.1) is 0 Å². The van der Waals surface area contributed by atoms with Gasteiger partial charge >= 0.3 is 0 Å². The van der Waals surface area contributed by atoms with Crippen molar-refractivity contribution in [3.8, 4) is 5.75 Å². The van der Waals surface area contributed by atoms with Crippen molar-refractivity contribution in [2.75, 3.05) is 6.61 Å². The Hall–Kier alpha value is -2.33. The minimum atomic E-state index is -0.165. The first-order chi connectivity index (χ1) is 11.3. The highest BCUT2D eigenvalue weighted by Crippen LogP contribution is 2.19. The number of hydrogen-bond donors (Lipinski definition) is 1. The summed E-state index contributed by atoms with van der Waals surface area (Å²) >= 11 is 0. The van der Waals surface area contributed by atoms with Crippen molar-refractivity contribution in [2.24, 2.45) is 0 Å². The molecule has 1 aliphatic rings. The maximum Gasteiger partial charge on any atom is 0.251 e. The minimum absolute atomic E-state index is 0.0886. The highest BCUT2D eigenvalue weighted by atomic mass is 16.7. The van der Waals surface area contributed by atoms with E-state index < -0.39 is 0 Å². The van der Waals surface area contributed by atoms with Gasteiger partial charge in [-0.1, -0.05) is 30.3 Å². The molecule has 1 N–H and O–H groups in total. The monoisotopic (exact) mass is 311 g/mol. The molecule has 0 bridgehead atoms. The highest BCUT2D eigenvalue weighted by molar-refractivity contribution is 5.94. The van der Waals surface area contributed by atoms with Crippen molar-refractivity contribution in [2.45, 2.75) is 32.1 Å². The van der Waals surface area contributed by atoms with Crippen LogP contribution in [0.4, 0.5) is 0 Å². The number of rotatable bonds is 5. The largest absolute Gasteiger partial charge is 0.465 e. The van der Waals surface area contributed by atoms with Gasteiger partial charge in [0.1, 0.15) is 5.75 Å². The van der Waals surface area contributed by atoms with Crippen LogP contribution in [-0.4, -0.2) is 18.8 Å². The van der Waals surface area contributed by atoms with E-state index in [9.17, 15) is 4.79 Å². The minimum Gasteiger partial charge on any atom is -0.465 e. The maximum atomic E-state index is 12.1. The van der Waals surface area contributed by atoms with Gasteiger partial charge in [-0.05, 0) is 42.7 Å². The van der Waals surface area contributed by atoms with Gasteiger partial charge in [0.15, 0.2) is 6.29 Å². The first kappa shape index (κ1) is 15.6. The normalized spacial score (nSPS) is 17.5. The van der Waals surface area contributed by atoms with E-state index in [4.69, 9.17) is 9.47 Å². The van der Waals surface area contributed by atoms with E-state index in [1.807, 2.05) is 42.5 Å². The molecule has 1 atom stereocenters. The Morgan fingerprint density at radius 1 is 1.09 bits per heavy atom. The number of carbonyl (C=O) groups excluding carboxylic acids is 1. The number of ether oxygens (including phenoxy) is 2. The third-order valence-electron chi connectivity index (χ3n) is 3.82. The summed E-state index contributed by atoms with van der Waals surface area (Å²) in [5.41, 5.74) is 1.70. The Labute approximate surface area is 136 Å². The SMILES string of the molecule is O=C(NCc1ccccc1)c1ccc(OC2CCCCO2)cc1. The first-order valence-corrected chi connectivity index (χ1v) is 8.02. The molecule has 0 radical (unpaired) electrons. The molecule has 4 nitrogen and oxygen atoms in total.